The molecule has 3 atom stereocenters. The van der Waals surface area contributed by atoms with Gasteiger partial charge in [0.2, 0.25) is 5.82 Å². The number of aromatic nitrogens is 1. The third-order valence-electron chi connectivity index (χ3n) is 5.40. The summed E-state index contributed by atoms with van der Waals surface area (Å²) in [5, 5.41) is 2.68. The maximum Gasteiger partial charge on any atom is 0.267 e. The highest BCUT2D eigenvalue weighted by Crippen LogP contribution is 2.46. The number of hydrogen-bond donors (Lipinski definition) is 2. The zero-order valence-electron chi connectivity index (χ0n) is 16.9. The van der Waals surface area contributed by atoms with E-state index in [0.717, 1.165) is 6.07 Å². The fourth-order valence-electron chi connectivity index (χ4n) is 3.65. The van der Waals surface area contributed by atoms with Crippen molar-refractivity contribution in [2.45, 2.75) is 44.3 Å². The molecule has 1 fully saturated rings. The molecule has 1 aliphatic rings. The lowest BCUT2D eigenvalue weighted by Gasteiger charge is -2.22. The average Bonchev–Trinajstić information content (AvgIpc) is 3.08. The minimum atomic E-state index is -1.11. The number of amides is 2. The summed E-state index contributed by atoms with van der Waals surface area (Å²) >= 11 is 0. The third-order valence-corrected chi connectivity index (χ3v) is 5.40. The molecule has 2 amide bonds. The first-order valence-electron chi connectivity index (χ1n) is 9.45. The van der Waals surface area contributed by atoms with Crippen LogP contribution in [-0.4, -0.2) is 35.6 Å². The van der Waals surface area contributed by atoms with Gasteiger partial charge in [0.25, 0.3) is 11.8 Å². The number of halogens is 2. The first kappa shape index (κ1) is 21.6. The molecule has 2 aromatic rings. The van der Waals surface area contributed by atoms with E-state index in [2.05, 4.69) is 10.3 Å². The van der Waals surface area contributed by atoms with E-state index >= 15 is 0 Å². The molecule has 9 heteroatoms. The van der Waals surface area contributed by atoms with E-state index in [-0.39, 0.29) is 11.4 Å². The molecule has 1 saturated heterocycles. The first-order valence-corrected chi connectivity index (χ1v) is 9.45. The van der Waals surface area contributed by atoms with E-state index in [1.165, 1.54) is 31.5 Å². The SMILES string of the molecule is CC[C@]1(C)C[C@H](c2ccc(F)c(F)c2OC)[C@@H](C(=O)Nc2ccnc(C(N)=O)c2)O1. The monoisotopic (exact) mass is 419 g/mol. The number of anilines is 1. The number of nitrogens with two attached hydrogens (primary N) is 1. The van der Waals surface area contributed by atoms with Crippen molar-refractivity contribution < 1.29 is 27.8 Å². The van der Waals surface area contributed by atoms with Crippen LogP contribution in [0.1, 0.15) is 48.7 Å². The summed E-state index contributed by atoms with van der Waals surface area (Å²) in [6.45, 7) is 3.78. The third kappa shape index (κ3) is 4.11. The van der Waals surface area contributed by atoms with E-state index in [9.17, 15) is 18.4 Å². The van der Waals surface area contributed by atoms with Crippen LogP contribution >= 0.6 is 0 Å². The van der Waals surface area contributed by atoms with Gasteiger partial charge in [0.15, 0.2) is 11.6 Å². The van der Waals surface area contributed by atoms with E-state index < -0.39 is 41.1 Å². The Labute approximate surface area is 172 Å². The second kappa shape index (κ2) is 8.35. The van der Waals surface area contributed by atoms with Gasteiger partial charge in [0.1, 0.15) is 11.8 Å². The lowest BCUT2D eigenvalue weighted by Crippen LogP contribution is -2.34. The molecule has 1 aliphatic heterocycles. The molecule has 30 heavy (non-hydrogen) atoms. The fraction of sp³-hybridized carbons (Fsp3) is 0.381. The summed E-state index contributed by atoms with van der Waals surface area (Å²) in [5.41, 5.74) is 5.25. The second-order valence-electron chi connectivity index (χ2n) is 7.42. The van der Waals surface area contributed by atoms with Crippen molar-refractivity contribution in [1.82, 2.24) is 4.98 Å². The lowest BCUT2D eigenvalue weighted by atomic mass is 9.85. The van der Waals surface area contributed by atoms with Crippen LogP contribution < -0.4 is 15.8 Å². The van der Waals surface area contributed by atoms with Crippen molar-refractivity contribution >= 4 is 17.5 Å². The Balaban J connectivity index is 1.95. The van der Waals surface area contributed by atoms with Gasteiger partial charge in [0, 0.05) is 23.4 Å². The van der Waals surface area contributed by atoms with Crippen molar-refractivity contribution in [3.8, 4) is 5.75 Å². The van der Waals surface area contributed by atoms with Crippen LogP contribution in [0.2, 0.25) is 0 Å². The van der Waals surface area contributed by atoms with Crippen LogP contribution in [0, 0.1) is 11.6 Å². The molecule has 0 bridgehead atoms. The average molecular weight is 419 g/mol. The summed E-state index contributed by atoms with van der Waals surface area (Å²) < 4.78 is 39.1. The molecule has 3 N–H and O–H groups in total. The summed E-state index contributed by atoms with van der Waals surface area (Å²) in [7, 11) is 1.24. The summed E-state index contributed by atoms with van der Waals surface area (Å²) in [6.07, 6.45) is 1.38. The number of ether oxygens (including phenoxy) is 2. The molecule has 0 aliphatic carbocycles. The molecule has 0 unspecified atom stereocenters. The highest BCUT2D eigenvalue weighted by atomic mass is 19.2. The predicted octanol–water partition coefficient (Wildman–Crippen LogP) is 3.15. The second-order valence-corrected chi connectivity index (χ2v) is 7.42. The Morgan fingerprint density at radius 3 is 2.73 bits per heavy atom. The largest absolute Gasteiger partial charge is 0.493 e. The van der Waals surface area contributed by atoms with Crippen LogP contribution in [0.15, 0.2) is 30.5 Å². The molecule has 3 rings (SSSR count). The van der Waals surface area contributed by atoms with Gasteiger partial charge in [-0.2, -0.15) is 4.39 Å². The Morgan fingerprint density at radius 2 is 2.10 bits per heavy atom. The number of hydrogen-bond acceptors (Lipinski definition) is 5. The Kier molecular flexibility index (Phi) is 6.02. The van der Waals surface area contributed by atoms with Gasteiger partial charge in [-0.25, -0.2) is 4.39 Å². The number of nitrogens with one attached hydrogen (secondary N) is 1. The quantitative estimate of drug-likeness (QED) is 0.749. The Bertz CT molecular complexity index is 985. The van der Waals surface area contributed by atoms with Gasteiger partial charge in [-0.15, -0.1) is 0 Å². The minimum absolute atomic E-state index is 0.00244. The first-order chi connectivity index (χ1) is 14.2. The molecule has 1 aromatic heterocycles. The number of carbonyl (C=O) groups is 2. The number of primary amides is 1. The molecular weight excluding hydrogens is 396 g/mol. The van der Waals surface area contributed by atoms with Gasteiger partial charge in [-0.05, 0) is 38.0 Å². The lowest BCUT2D eigenvalue weighted by molar-refractivity contribution is -0.131. The standard InChI is InChI=1S/C21H23F2N3O4/c1-4-21(2)10-13(12-5-6-14(22)16(23)17(12)29-3)18(30-21)20(28)26-11-7-8-25-15(9-11)19(24)27/h5-9,13,18H,4,10H2,1-3H3,(H2,24,27)(H,25,26,28)/t13-,18+,21-/m1/s1. The van der Waals surface area contributed by atoms with Gasteiger partial charge >= 0.3 is 0 Å². The zero-order valence-corrected chi connectivity index (χ0v) is 16.9. The van der Waals surface area contributed by atoms with Crippen molar-refractivity contribution in [3.63, 3.8) is 0 Å². The maximum absolute atomic E-state index is 14.3. The van der Waals surface area contributed by atoms with Gasteiger partial charge in [-0.3, -0.25) is 14.6 Å². The van der Waals surface area contributed by atoms with Gasteiger partial charge < -0.3 is 20.5 Å². The van der Waals surface area contributed by atoms with Crippen LogP contribution in [0.5, 0.6) is 5.75 Å². The van der Waals surface area contributed by atoms with Crippen LogP contribution in [-0.2, 0) is 9.53 Å². The van der Waals surface area contributed by atoms with E-state index in [4.69, 9.17) is 15.2 Å². The molecule has 160 valence electrons. The maximum atomic E-state index is 14.3. The van der Waals surface area contributed by atoms with Gasteiger partial charge in [-0.1, -0.05) is 13.0 Å². The fourth-order valence-corrected chi connectivity index (χ4v) is 3.65. The van der Waals surface area contributed by atoms with Crippen LogP contribution in [0.3, 0.4) is 0 Å². The number of carbonyl (C=O) groups excluding carboxylic acids is 2. The van der Waals surface area contributed by atoms with Crippen LogP contribution in [0.25, 0.3) is 0 Å². The molecular formula is C21H23F2N3O4. The van der Waals surface area contributed by atoms with E-state index in [1.807, 2.05) is 13.8 Å². The molecule has 2 heterocycles. The van der Waals surface area contributed by atoms with Gasteiger partial charge in [0.05, 0.1) is 12.7 Å². The summed E-state index contributed by atoms with van der Waals surface area (Å²) in [4.78, 5) is 28.2. The smallest absolute Gasteiger partial charge is 0.267 e. The highest BCUT2D eigenvalue weighted by Gasteiger charge is 2.47. The van der Waals surface area contributed by atoms with Crippen molar-refractivity contribution in [2.24, 2.45) is 5.73 Å². The van der Waals surface area contributed by atoms with Crippen molar-refractivity contribution in [1.29, 1.82) is 0 Å². The van der Waals surface area contributed by atoms with Crippen molar-refractivity contribution in [2.75, 3.05) is 12.4 Å². The highest BCUT2D eigenvalue weighted by molar-refractivity contribution is 5.97. The number of methoxy groups -OCH3 is 1. The number of pyridine rings is 1. The normalized spacial score (nSPS) is 23.2. The summed E-state index contributed by atoms with van der Waals surface area (Å²) in [6, 6.07) is 5.27. The van der Waals surface area contributed by atoms with E-state index in [1.54, 1.807) is 0 Å². The molecule has 7 nitrogen and oxygen atoms in total. The Morgan fingerprint density at radius 1 is 1.37 bits per heavy atom. The predicted molar refractivity (Wildman–Crippen MR) is 105 cm³/mol. The summed E-state index contributed by atoms with van der Waals surface area (Å²) in [5.74, 6) is -4.19. The molecule has 0 saturated carbocycles. The number of nitrogens with zero attached hydrogens (tertiary/aromatic N) is 1. The minimum Gasteiger partial charge on any atom is -0.493 e. The van der Waals surface area contributed by atoms with Crippen LogP contribution in [0.4, 0.5) is 14.5 Å². The number of rotatable bonds is 6. The zero-order chi connectivity index (χ0) is 22.1. The number of benzene rings is 1. The molecule has 0 radical (unpaired) electrons. The van der Waals surface area contributed by atoms with E-state index in [0.29, 0.717) is 24.1 Å². The Hall–Kier alpha value is -3.07. The molecule has 1 aromatic carbocycles. The topological polar surface area (TPSA) is 104 Å². The molecule has 0 spiro atoms. The van der Waals surface area contributed by atoms with Crippen molar-refractivity contribution in [3.05, 3.63) is 53.4 Å².